The van der Waals surface area contributed by atoms with Crippen LogP contribution in [0.5, 0.6) is 0 Å². The van der Waals surface area contributed by atoms with Gasteiger partial charge in [-0.15, -0.1) is 0 Å². The Kier molecular flexibility index (Phi) is 3.71. The lowest BCUT2D eigenvalue weighted by Gasteiger charge is -2.03. The van der Waals surface area contributed by atoms with Crippen molar-refractivity contribution in [3.05, 3.63) is 29.8 Å². The number of imidazole rings is 1. The maximum absolute atomic E-state index is 10.6. The van der Waals surface area contributed by atoms with Gasteiger partial charge in [0.15, 0.2) is 5.16 Å². The number of rotatable bonds is 5. The summed E-state index contributed by atoms with van der Waals surface area (Å²) in [6.45, 7) is 2.49. The van der Waals surface area contributed by atoms with Crippen LogP contribution in [0.25, 0.3) is 0 Å². The molecule has 0 aromatic carbocycles. The molecule has 1 N–H and O–H groups in total. The molecule has 0 aliphatic heterocycles. The molecule has 0 bridgehead atoms. The number of aliphatic carboxylic acids is 1. The van der Waals surface area contributed by atoms with Gasteiger partial charge in [0.05, 0.1) is 23.7 Å². The summed E-state index contributed by atoms with van der Waals surface area (Å²) >= 11 is 1.22. The topological polar surface area (TPSA) is 72.9 Å². The fraction of sp³-hybridized carbons (Fsp3) is 0.364. The van der Waals surface area contributed by atoms with Crippen molar-refractivity contribution in [2.24, 2.45) is 7.05 Å². The predicted octanol–water partition coefficient (Wildman–Crippen LogP) is 1.15. The first-order valence-electron chi connectivity index (χ1n) is 5.41. The number of nitrogens with zero attached hydrogens (tertiary/aromatic N) is 4. The van der Waals surface area contributed by atoms with Gasteiger partial charge in [0, 0.05) is 19.4 Å². The van der Waals surface area contributed by atoms with Crippen molar-refractivity contribution in [2.75, 3.05) is 5.75 Å². The molecule has 96 valence electrons. The van der Waals surface area contributed by atoms with Crippen LogP contribution in [0.15, 0.2) is 23.6 Å². The maximum Gasteiger partial charge on any atom is 0.313 e. The third-order valence-corrected chi connectivity index (χ3v) is 3.26. The zero-order valence-electron chi connectivity index (χ0n) is 10.2. The van der Waals surface area contributed by atoms with E-state index in [1.54, 1.807) is 4.68 Å². The van der Waals surface area contributed by atoms with E-state index in [1.165, 1.54) is 11.8 Å². The molecule has 7 heteroatoms. The van der Waals surface area contributed by atoms with Crippen LogP contribution in [-0.4, -0.2) is 36.2 Å². The quantitative estimate of drug-likeness (QED) is 0.822. The van der Waals surface area contributed by atoms with E-state index in [0.29, 0.717) is 11.7 Å². The average molecular weight is 266 g/mol. The molecule has 0 unspecified atom stereocenters. The van der Waals surface area contributed by atoms with Crippen molar-refractivity contribution in [1.82, 2.24) is 19.3 Å². The van der Waals surface area contributed by atoms with E-state index in [2.05, 4.69) is 10.1 Å². The molecule has 2 aromatic heterocycles. The number of carboxylic acid groups (broad SMARTS) is 1. The first-order valence-corrected chi connectivity index (χ1v) is 6.40. The van der Waals surface area contributed by atoms with E-state index < -0.39 is 5.97 Å². The highest BCUT2D eigenvalue weighted by atomic mass is 32.2. The second-order valence-corrected chi connectivity index (χ2v) is 4.90. The molecule has 2 heterocycles. The van der Waals surface area contributed by atoms with Crippen LogP contribution in [0.4, 0.5) is 0 Å². The van der Waals surface area contributed by atoms with E-state index in [-0.39, 0.29) is 5.75 Å². The number of hydrogen-bond donors (Lipinski definition) is 1. The van der Waals surface area contributed by atoms with E-state index in [9.17, 15) is 4.79 Å². The zero-order chi connectivity index (χ0) is 13.1. The standard InChI is InChI=1S/C11H14N4O2S/c1-8-5-15(6-9-3-4-14(2)13-9)11(12-8)18-7-10(16)17/h3-5H,6-7H2,1-2H3,(H,16,17). The number of hydrogen-bond acceptors (Lipinski definition) is 4. The van der Waals surface area contributed by atoms with Gasteiger partial charge in [-0.2, -0.15) is 5.10 Å². The van der Waals surface area contributed by atoms with Crippen molar-refractivity contribution in [3.8, 4) is 0 Å². The highest BCUT2D eigenvalue weighted by Crippen LogP contribution is 2.18. The van der Waals surface area contributed by atoms with E-state index in [4.69, 9.17) is 5.11 Å². The van der Waals surface area contributed by atoms with Gasteiger partial charge in [-0.05, 0) is 13.0 Å². The second kappa shape index (κ2) is 5.26. The summed E-state index contributed by atoms with van der Waals surface area (Å²) < 4.78 is 3.66. The van der Waals surface area contributed by atoms with Crippen molar-refractivity contribution in [1.29, 1.82) is 0 Å². The monoisotopic (exact) mass is 266 g/mol. The molecule has 2 rings (SSSR count). The maximum atomic E-state index is 10.6. The van der Waals surface area contributed by atoms with Gasteiger partial charge in [-0.1, -0.05) is 11.8 Å². The molecule has 0 aliphatic carbocycles. The second-order valence-electron chi connectivity index (χ2n) is 3.96. The van der Waals surface area contributed by atoms with Crippen LogP contribution in [0.2, 0.25) is 0 Å². The van der Waals surface area contributed by atoms with Gasteiger partial charge in [0.25, 0.3) is 0 Å². The van der Waals surface area contributed by atoms with Crippen LogP contribution in [0.1, 0.15) is 11.4 Å². The van der Waals surface area contributed by atoms with Crippen LogP contribution >= 0.6 is 11.8 Å². The molecule has 0 spiro atoms. The van der Waals surface area contributed by atoms with Gasteiger partial charge in [0.1, 0.15) is 0 Å². The Labute approximate surface area is 109 Å². The minimum Gasteiger partial charge on any atom is -0.481 e. The average Bonchev–Trinajstić information content (AvgIpc) is 2.83. The van der Waals surface area contributed by atoms with Crippen LogP contribution in [0, 0.1) is 6.92 Å². The molecular formula is C11H14N4O2S. The largest absolute Gasteiger partial charge is 0.481 e. The van der Waals surface area contributed by atoms with E-state index in [0.717, 1.165) is 11.4 Å². The number of carbonyl (C=O) groups is 1. The Morgan fingerprint density at radius 2 is 2.33 bits per heavy atom. The Morgan fingerprint density at radius 3 is 2.94 bits per heavy atom. The molecule has 0 saturated carbocycles. The summed E-state index contributed by atoms with van der Waals surface area (Å²) in [6.07, 6.45) is 3.78. The van der Waals surface area contributed by atoms with Crippen molar-refractivity contribution in [2.45, 2.75) is 18.6 Å². The minimum absolute atomic E-state index is 0.0126. The number of aryl methyl sites for hydroxylation is 2. The fourth-order valence-corrected chi connectivity index (χ4v) is 2.35. The fourth-order valence-electron chi connectivity index (χ4n) is 1.60. The summed E-state index contributed by atoms with van der Waals surface area (Å²) in [5.41, 5.74) is 1.80. The lowest BCUT2D eigenvalue weighted by atomic mass is 10.4. The third-order valence-electron chi connectivity index (χ3n) is 2.29. The lowest BCUT2D eigenvalue weighted by molar-refractivity contribution is -0.133. The molecule has 0 atom stereocenters. The molecular weight excluding hydrogens is 252 g/mol. The first kappa shape index (κ1) is 12.7. The molecule has 2 aromatic rings. The molecule has 18 heavy (non-hydrogen) atoms. The number of thioether (sulfide) groups is 1. The Morgan fingerprint density at radius 1 is 1.56 bits per heavy atom. The van der Waals surface area contributed by atoms with Crippen LogP contribution in [0.3, 0.4) is 0 Å². The smallest absolute Gasteiger partial charge is 0.313 e. The summed E-state index contributed by atoms with van der Waals surface area (Å²) in [5.74, 6) is -0.830. The van der Waals surface area contributed by atoms with Gasteiger partial charge >= 0.3 is 5.97 Å². The molecule has 0 fully saturated rings. The predicted molar refractivity (Wildman–Crippen MR) is 67.6 cm³/mol. The minimum atomic E-state index is -0.843. The summed E-state index contributed by atoms with van der Waals surface area (Å²) in [6, 6.07) is 1.93. The normalized spacial score (nSPS) is 10.8. The van der Waals surface area contributed by atoms with Crippen LogP contribution in [-0.2, 0) is 18.4 Å². The van der Waals surface area contributed by atoms with Crippen LogP contribution < -0.4 is 0 Å². The molecule has 6 nitrogen and oxygen atoms in total. The van der Waals surface area contributed by atoms with Crippen molar-refractivity contribution >= 4 is 17.7 Å². The number of aromatic nitrogens is 4. The first-order chi connectivity index (χ1) is 8.54. The van der Waals surface area contributed by atoms with Gasteiger partial charge in [-0.3, -0.25) is 9.48 Å². The highest BCUT2D eigenvalue weighted by molar-refractivity contribution is 7.99. The lowest BCUT2D eigenvalue weighted by Crippen LogP contribution is -2.04. The SMILES string of the molecule is Cc1cn(Cc2ccn(C)n2)c(SCC(=O)O)n1. The molecule has 0 aliphatic rings. The summed E-state index contributed by atoms with van der Waals surface area (Å²) in [7, 11) is 1.86. The van der Waals surface area contributed by atoms with Crippen molar-refractivity contribution in [3.63, 3.8) is 0 Å². The Balaban J connectivity index is 2.14. The summed E-state index contributed by atoms with van der Waals surface area (Å²) in [4.78, 5) is 14.9. The van der Waals surface area contributed by atoms with Gasteiger partial charge in [-0.25, -0.2) is 4.98 Å². The Hall–Kier alpha value is -1.76. The van der Waals surface area contributed by atoms with E-state index >= 15 is 0 Å². The highest BCUT2D eigenvalue weighted by Gasteiger charge is 2.10. The Bertz CT molecular complexity index is 561. The van der Waals surface area contributed by atoms with Gasteiger partial charge in [0.2, 0.25) is 0 Å². The molecule has 0 radical (unpaired) electrons. The van der Waals surface area contributed by atoms with E-state index in [1.807, 2.05) is 37.0 Å². The zero-order valence-corrected chi connectivity index (χ0v) is 11.0. The van der Waals surface area contributed by atoms with Crippen molar-refractivity contribution < 1.29 is 9.90 Å². The summed E-state index contributed by atoms with van der Waals surface area (Å²) in [5, 5.41) is 13.7. The molecule has 0 saturated heterocycles. The van der Waals surface area contributed by atoms with Gasteiger partial charge < -0.3 is 9.67 Å². The molecule has 0 amide bonds. The number of carboxylic acids is 1. The third kappa shape index (κ3) is 3.13.